The summed E-state index contributed by atoms with van der Waals surface area (Å²) in [6.07, 6.45) is 0. The first kappa shape index (κ1) is 19.4. The van der Waals surface area contributed by atoms with Crippen molar-refractivity contribution in [1.29, 1.82) is 0 Å². The molecule has 0 aliphatic rings. The molecule has 132 valence electrons. The molecule has 24 heavy (non-hydrogen) atoms. The van der Waals surface area contributed by atoms with Crippen molar-refractivity contribution in [3.8, 4) is 0 Å². The number of rotatable bonds is 10. The van der Waals surface area contributed by atoms with Gasteiger partial charge in [-0.05, 0) is 19.9 Å². The SMILES string of the molecule is C=C(C)CN(CC)C(=O)CNc1cc([N+](=O)[O-])ccc1NCCO. The summed E-state index contributed by atoms with van der Waals surface area (Å²) in [5.74, 6) is -0.125. The van der Waals surface area contributed by atoms with Crippen molar-refractivity contribution in [1.82, 2.24) is 4.90 Å². The molecule has 0 atom stereocenters. The number of nitro groups is 1. The Morgan fingerprint density at radius 1 is 1.38 bits per heavy atom. The third-order valence-corrected chi connectivity index (χ3v) is 3.27. The smallest absolute Gasteiger partial charge is 0.271 e. The monoisotopic (exact) mass is 336 g/mol. The topological polar surface area (TPSA) is 108 Å². The highest BCUT2D eigenvalue weighted by Gasteiger charge is 2.14. The van der Waals surface area contributed by atoms with Crippen molar-refractivity contribution in [3.05, 3.63) is 40.5 Å². The Bertz CT molecular complexity index is 604. The van der Waals surface area contributed by atoms with E-state index >= 15 is 0 Å². The lowest BCUT2D eigenvalue weighted by Crippen LogP contribution is -2.36. The molecule has 0 fully saturated rings. The maximum Gasteiger partial charge on any atom is 0.271 e. The minimum Gasteiger partial charge on any atom is -0.395 e. The van der Waals surface area contributed by atoms with Crippen LogP contribution in [-0.2, 0) is 4.79 Å². The van der Waals surface area contributed by atoms with Crippen molar-refractivity contribution < 1.29 is 14.8 Å². The summed E-state index contributed by atoms with van der Waals surface area (Å²) in [7, 11) is 0. The largest absolute Gasteiger partial charge is 0.395 e. The van der Waals surface area contributed by atoms with Gasteiger partial charge in [0.2, 0.25) is 5.91 Å². The fourth-order valence-corrected chi connectivity index (χ4v) is 2.12. The van der Waals surface area contributed by atoms with Crippen LogP contribution in [0.25, 0.3) is 0 Å². The number of likely N-dealkylation sites (N-methyl/N-ethyl adjacent to an activating group) is 1. The zero-order valence-electron chi connectivity index (χ0n) is 14.0. The van der Waals surface area contributed by atoms with Crippen molar-refractivity contribution in [2.75, 3.05) is 43.4 Å². The van der Waals surface area contributed by atoms with Crippen molar-refractivity contribution in [2.45, 2.75) is 13.8 Å². The van der Waals surface area contributed by atoms with Gasteiger partial charge in [-0.1, -0.05) is 12.2 Å². The van der Waals surface area contributed by atoms with E-state index < -0.39 is 4.92 Å². The van der Waals surface area contributed by atoms with Crippen LogP contribution in [0.15, 0.2) is 30.4 Å². The molecule has 8 heteroatoms. The average Bonchev–Trinajstić information content (AvgIpc) is 2.55. The average molecular weight is 336 g/mol. The minimum atomic E-state index is -0.498. The lowest BCUT2D eigenvalue weighted by molar-refractivity contribution is -0.384. The third kappa shape index (κ3) is 5.88. The highest BCUT2D eigenvalue weighted by molar-refractivity contribution is 5.83. The first-order valence-corrected chi connectivity index (χ1v) is 7.68. The van der Waals surface area contributed by atoms with Crippen LogP contribution >= 0.6 is 0 Å². The maximum atomic E-state index is 12.3. The van der Waals surface area contributed by atoms with Crippen molar-refractivity contribution >= 4 is 23.0 Å². The Morgan fingerprint density at radius 3 is 2.62 bits per heavy atom. The van der Waals surface area contributed by atoms with Crippen LogP contribution in [0.1, 0.15) is 13.8 Å². The number of aliphatic hydroxyl groups is 1. The molecule has 8 nitrogen and oxygen atoms in total. The first-order valence-electron chi connectivity index (χ1n) is 7.68. The van der Waals surface area contributed by atoms with E-state index in [1.54, 1.807) is 11.0 Å². The van der Waals surface area contributed by atoms with Gasteiger partial charge >= 0.3 is 0 Å². The Balaban J connectivity index is 2.86. The quantitative estimate of drug-likeness (QED) is 0.342. The van der Waals surface area contributed by atoms with E-state index in [2.05, 4.69) is 17.2 Å². The number of hydrogen-bond acceptors (Lipinski definition) is 6. The number of carbonyl (C=O) groups is 1. The summed E-state index contributed by atoms with van der Waals surface area (Å²) in [6, 6.07) is 4.28. The maximum absolute atomic E-state index is 12.3. The lowest BCUT2D eigenvalue weighted by Gasteiger charge is -2.22. The predicted molar refractivity (Wildman–Crippen MR) is 94.2 cm³/mol. The number of nitrogens with one attached hydrogen (secondary N) is 2. The molecule has 0 aliphatic heterocycles. The second-order valence-corrected chi connectivity index (χ2v) is 5.36. The molecule has 3 N–H and O–H groups in total. The molecule has 0 unspecified atom stereocenters. The van der Waals surface area contributed by atoms with E-state index in [-0.39, 0.29) is 24.7 Å². The van der Waals surface area contributed by atoms with Gasteiger partial charge in [0.15, 0.2) is 0 Å². The second kappa shape index (κ2) is 9.51. The Kier molecular flexibility index (Phi) is 7.70. The van der Waals surface area contributed by atoms with Crippen LogP contribution in [0.5, 0.6) is 0 Å². The van der Waals surface area contributed by atoms with Crippen LogP contribution in [0.3, 0.4) is 0 Å². The Morgan fingerprint density at radius 2 is 2.08 bits per heavy atom. The highest BCUT2D eigenvalue weighted by atomic mass is 16.6. The summed E-state index contributed by atoms with van der Waals surface area (Å²) in [5.41, 5.74) is 1.84. The van der Waals surface area contributed by atoms with Gasteiger partial charge in [-0.15, -0.1) is 0 Å². The Labute approximate surface area is 141 Å². The number of amides is 1. The van der Waals surface area contributed by atoms with E-state index in [0.717, 1.165) is 5.57 Å². The number of anilines is 2. The molecule has 0 saturated heterocycles. The number of nitrogens with zero attached hydrogens (tertiary/aromatic N) is 2. The molecule has 1 aromatic rings. The van der Waals surface area contributed by atoms with Gasteiger partial charge in [-0.2, -0.15) is 0 Å². The van der Waals surface area contributed by atoms with Crippen LogP contribution in [0, 0.1) is 10.1 Å². The molecule has 1 rings (SSSR count). The molecule has 0 bridgehead atoms. The van der Waals surface area contributed by atoms with Crippen LogP contribution < -0.4 is 10.6 Å². The van der Waals surface area contributed by atoms with Gasteiger partial charge in [-0.25, -0.2) is 0 Å². The number of aliphatic hydroxyl groups excluding tert-OH is 1. The van der Waals surface area contributed by atoms with Crippen LogP contribution in [0.2, 0.25) is 0 Å². The third-order valence-electron chi connectivity index (χ3n) is 3.27. The second-order valence-electron chi connectivity index (χ2n) is 5.36. The molecule has 1 aromatic carbocycles. The van der Waals surface area contributed by atoms with Gasteiger partial charge in [-0.3, -0.25) is 14.9 Å². The van der Waals surface area contributed by atoms with Crippen LogP contribution in [-0.4, -0.2) is 53.6 Å². The van der Waals surface area contributed by atoms with Gasteiger partial charge in [0.25, 0.3) is 5.69 Å². The molecule has 0 aliphatic carbocycles. The fourth-order valence-electron chi connectivity index (χ4n) is 2.12. The number of carbonyl (C=O) groups excluding carboxylic acids is 1. The van der Waals surface area contributed by atoms with Crippen LogP contribution in [0.4, 0.5) is 17.1 Å². The number of non-ortho nitro benzene ring substituents is 1. The van der Waals surface area contributed by atoms with E-state index in [4.69, 9.17) is 5.11 Å². The fraction of sp³-hybridized carbons (Fsp3) is 0.438. The first-order chi connectivity index (χ1) is 11.4. The van der Waals surface area contributed by atoms with Crippen molar-refractivity contribution in [3.63, 3.8) is 0 Å². The molecule has 0 heterocycles. The number of nitro benzene ring substituents is 1. The van der Waals surface area contributed by atoms with Gasteiger partial charge in [0, 0.05) is 31.8 Å². The van der Waals surface area contributed by atoms with E-state index in [1.165, 1.54) is 12.1 Å². The minimum absolute atomic E-state index is 0.0100. The summed E-state index contributed by atoms with van der Waals surface area (Å²) in [4.78, 5) is 24.3. The standard InChI is InChI=1S/C16H24N4O4/c1-4-19(11-12(2)3)16(22)10-18-15-9-13(20(23)24)5-6-14(15)17-7-8-21/h5-6,9,17-18,21H,2,4,7-8,10-11H2,1,3H3. The van der Waals surface area contributed by atoms with E-state index in [1.807, 2.05) is 13.8 Å². The molecule has 0 radical (unpaired) electrons. The lowest BCUT2D eigenvalue weighted by atomic mass is 10.2. The van der Waals surface area contributed by atoms with Crippen molar-refractivity contribution in [2.24, 2.45) is 0 Å². The number of benzene rings is 1. The Hall–Kier alpha value is -2.61. The van der Waals surface area contributed by atoms with E-state index in [0.29, 0.717) is 31.0 Å². The molecular weight excluding hydrogens is 312 g/mol. The normalized spacial score (nSPS) is 10.1. The molecular formula is C16H24N4O4. The number of hydrogen-bond donors (Lipinski definition) is 3. The van der Waals surface area contributed by atoms with Gasteiger partial charge in [0.05, 0.1) is 29.4 Å². The van der Waals surface area contributed by atoms with Gasteiger partial charge < -0.3 is 20.6 Å². The zero-order valence-corrected chi connectivity index (χ0v) is 14.0. The summed E-state index contributed by atoms with van der Waals surface area (Å²) < 4.78 is 0. The zero-order chi connectivity index (χ0) is 18.1. The molecule has 0 saturated carbocycles. The summed E-state index contributed by atoms with van der Waals surface area (Å²) in [6.45, 7) is 8.79. The molecule has 0 spiro atoms. The predicted octanol–water partition coefficient (Wildman–Crippen LogP) is 1.84. The summed E-state index contributed by atoms with van der Waals surface area (Å²) in [5, 5.41) is 25.7. The highest BCUT2D eigenvalue weighted by Crippen LogP contribution is 2.26. The summed E-state index contributed by atoms with van der Waals surface area (Å²) >= 11 is 0. The molecule has 1 amide bonds. The molecule has 0 aromatic heterocycles. The van der Waals surface area contributed by atoms with Gasteiger partial charge in [0.1, 0.15) is 0 Å². The van der Waals surface area contributed by atoms with E-state index in [9.17, 15) is 14.9 Å².